The van der Waals surface area contributed by atoms with Crippen LogP contribution >= 0.6 is 24.8 Å². The average Bonchev–Trinajstić information content (AvgIpc) is 2.71. The third-order valence-electron chi connectivity index (χ3n) is 5.06. The maximum Gasteiger partial charge on any atom is 0.225 e. The summed E-state index contributed by atoms with van der Waals surface area (Å²) in [4.78, 5) is 17.2. The van der Waals surface area contributed by atoms with Crippen LogP contribution in [0.3, 0.4) is 0 Å². The molecule has 0 bridgehead atoms. The van der Waals surface area contributed by atoms with Crippen molar-refractivity contribution in [1.29, 1.82) is 0 Å². The normalized spacial score (nSPS) is 20.1. The summed E-state index contributed by atoms with van der Waals surface area (Å²) in [6, 6.07) is 10.6. The number of carbonyl (C=O) groups is 1. The summed E-state index contributed by atoms with van der Waals surface area (Å²) in [6.07, 6.45) is 1.08. The Kier molecular flexibility index (Phi) is 9.06. The molecule has 1 atom stereocenters. The van der Waals surface area contributed by atoms with E-state index < -0.39 is 0 Å². The molecule has 3 rings (SSSR count). The largest absolute Gasteiger partial charge is 0.341 e. The van der Waals surface area contributed by atoms with Gasteiger partial charge in [-0.1, -0.05) is 37.3 Å². The van der Waals surface area contributed by atoms with E-state index >= 15 is 0 Å². The van der Waals surface area contributed by atoms with Crippen molar-refractivity contribution >= 4 is 30.7 Å². The first-order valence-corrected chi connectivity index (χ1v) is 8.50. The number of rotatable bonds is 4. The molecule has 2 aliphatic heterocycles. The van der Waals surface area contributed by atoms with Gasteiger partial charge in [-0.15, -0.1) is 24.8 Å². The summed E-state index contributed by atoms with van der Waals surface area (Å²) >= 11 is 0. The molecule has 1 N–H and O–H groups in total. The maximum atomic E-state index is 12.6. The minimum absolute atomic E-state index is 0. The van der Waals surface area contributed by atoms with Gasteiger partial charge >= 0.3 is 0 Å². The summed E-state index contributed by atoms with van der Waals surface area (Å²) in [6.45, 7) is 8.94. The first-order valence-electron chi connectivity index (χ1n) is 8.50. The minimum atomic E-state index is 0. The highest BCUT2D eigenvalue weighted by Crippen LogP contribution is 2.19. The molecule has 2 fully saturated rings. The van der Waals surface area contributed by atoms with Gasteiger partial charge in [0.1, 0.15) is 0 Å². The molecule has 2 heterocycles. The van der Waals surface area contributed by atoms with Crippen LogP contribution in [0.25, 0.3) is 0 Å². The van der Waals surface area contributed by atoms with Gasteiger partial charge in [0.15, 0.2) is 0 Å². The van der Waals surface area contributed by atoms with Gasteiger partial charge in [0.2, 0.25) is 5.91 Å². The lowest BCUT2D eigenvalue weighted by atomic mass is 9.88. The maximum absolute atomic E-state index is 12.6. The van der Waals surface area contributed by atoms with Crippen LogP contribution in [0.15, 0.2) is 30.3 Å². The molecule has 1 aromatic rings. The topological polar surface area (TPSA) is 35.6 Å². The number of nitrogens with one attached hydrogen (secondary N) is 1. The van der Waals surface area contributed by atoms with E-state index in [0.717, 1.165) is 52.2 Å². The molecule has 1 amide bonds. The molecule has 0 radical (unpaired) electrons. The number of amides is 1. The molecular formula is C18H29Cl2N3O. The van der Waals surface area contributed by atoms with Crippen molar-refractivity contribution < 1.29 is 4.79 Å². The van der Waals surface area contributed by atoms with Crippen molar-refractivity contribution in [2.45, 2.75) is 19.9 Å². The van der Waals surface area contributed by atoms with Gasteiger partial charge < -0.3 is 10.2 Å². The van der Waals surface area contributed by atoms with Crippen molar-refractivity contribution in [2.75, 3.05) is 39.3 Å². The highest BCUT2D eigenvalue weighted by molar-refractivity contribution is 5.85. The first-order chi connectivity index (χ1) is 10.7. The van der Waals surface area contributed by atoms with Gasteiger partial charge in [-0.2, -0.15) is 0 Å². The Morgan fingerprint density at radius 1 is 1.12 bits per heavy atom. The third-order valence-corrected chi connectivity index (χ3v) is 5.06. The van der Waals surface area contributed by atoms with Crippen LogP contribution < -0.4 is 5.32 Å². The molecule has 1 aromatic carbocycles. The predicted octanol–water partition coefficient (Wildman–Crippen LogP) is 2.42. The quantitative estimate of drug-likeness (QED) is 0.879. The second kappa shape index (κ2) is 10.2. The predicted molar refractivity (Wildman–Crippen MR) is 103 cm³/mol. The van der Waals surface area contributed by atoms with Crippen LogP contribution in [-0.4, -0.2) is 55.0 Å². The summed E-state index contributed by atoms with van der Waals surface area (Å²) < 4.78 is 0. The van der Waals surface area contributed by atoms with Gasteiger partial charge in [-0.25, -0.2) is 0 Å². The van der Waals surface area contributed by atoms with Crippen LogP contribution in [0.5, 0.6) is 0 Å². The molecule has 6 heteroatoms. The molecular weight excluding hydrogens is 345 g/mol. The zero-order chi connectivity index (χ0) is 15.4. The van der Waals surface area contributed by atoms with Crippen molar-refractivity contribution in [3.05, 3.63) is 35.9 Å². The standard InChI is InChI=1S/C18H27N3O.2ClH/c1-15(17-12-19-13-17)18(22)21-9-5-8-20(10-11-21)14-16-6-3-2-4-7-16;;/h2-4,6-7,15,17,19H,5,8-14H2,1H3;2*1H. The summed E-state index contributed by atoms with van der Waals surface area (Å²) in [7, 11) is 0. The van der Waals surface area contributed by atoms with E-state index in [1.165, 1.54) is 5.56 Å². The Morgan fingerprint density at radius 3 is 2.46 bits per heavy atom. The Labute approximate surface area is 157 Å². The Morgan fingerprint density at radius 2 is 1.83 bits per heavy atom. The van der Waals surface area contributed by atoms with Crippen LogP contribution in [-0.2, 0) is 11.3 Å². The molecule has 1 unspecified atom stereocenters. The Hall–Kier alpha value is -0.810. The molecule has 24 heavy (non-hydrogen) atoms. The van der Waals surface area contributed by atoms with Gasteiger partial charge in [-0.3, -0.25) is 9.69 Å². The summed E-state index contributed by atoms with van der Waals surface area (Å²) in [5.74, 6) is 1.06. The average molecular weight is 374 g/mol. The Bertz CT molecular complexity index is 496. The lowest BCUT2D eigenvalue weighted by Gasteiger charge is -2.34. The van der Waals surface area contributed by atoms with E-state index in [4.69, 9.17) is 0 Å². The zero-order valence-electron chi connectivity index (χ0n) is 14.3. The van der Waals surface area contributed by atoms with E-state index in [-0.39, 0.29) is 30.7 Å². The molecule has 136 valence electrons. The fourth-order valence-electron chi connectivity index (χ4n) is 3.35. The highest BCUT2D eigenvalue weighted by atomic mass is 35.5. The van der Waals surface area contributed by atoms with Gasteiger partial charge in [-0.05, 0) is 31.0 Å². The summed E-state index contributed by atoms with van der Waals surface area (Å²) in [5.41, 5.74) is 1.36. The molecule has 2 saturated heterocycles. The van der Waals surface area contributed by atoms with Crippen molar-refractivity contribution in [3.63, 3.8) is 0 Å². The van der Waals surface area contributed by atoms with Crippen molar-refractivity contribution in [1.82, 2.24) is 15.1 Å². The van der Waals surface area contributed by atoms with Crippen molar-refractivity contribution in [2.24, 2.45) is 11.8 Å². The number of hydrogen-bond donors (Lipinski definition) is 1. The fourth-order valence-corrected chi connectivity index (χ4v) is 3.35. The second-order valence-corrected chi connectivity index (χ2v) is 6.65. The molecule has 0 spiro atoms. The highest BCUT2D eigenvalue weighted by Gasteiger charge is 2.32. The van der Waals surface area contributed by atoms with Crippen LogP contribution in [0.2, 0.25) is 0 Å². The Balaban J connectivity index is 0.00000144. The molecule has 0 aliphatic carbocycles. The van der Waals surface area contributed by atoms with Crippen LogP contribution in [0.1, 0.15) is 18.9 Å². The van der Waals surface area contributed by atoms with E-state index in [9.17, 15) is 4.79 Å². The van der Waals surface area contributed by atoms with Crippen molar-refractivity contribution in [3.8, 4) is 0 Å². The zero-order valence-corrected chi connectivity index (χ0v) is 16.0. The van der Waals surface area contributed by atoms with Crippen LogP contribution in [0, 0.1) is 11.8 Å². The van der Waals surface area contributed by atoms with Gasteiger partial charge in [0.05, 0.1) is 0 Å². The second-order valence-electron chi connectivity index (χ2n) is 6.65. The monoisotopic (exact) mass is 373 g/mol. The minimum Gasteiger partial charge on any atom is -0.341 e. The summed E-state index contributed by atoms with van der Waals surface area (Å²) in [5, 5.41) is 3.27. The van der Waals surface area contributed by atoms with E-state index in [2.05, 4.69) is 52.4 Å². The lowest BCUT2D eigenvalue weighted by molar-refractivity contribution is -0.137. The lowest BCUT2D eigenvalue weighted by Crippen LogP contribution is -2.50. The SMILES string of the molecule is CC(C(=O)N1CCCN(Cc2ccccc2)CC1)C1CNC1.Cl.Cl. The fraction of sp³-hybridized carbons (Fsp3) is 0.611. The number of nitrogens with zero attached hydrogens (tertiary/aromatic N) is 2. The molecule has 4 nitrogen and oxygen atoms in total. The van der Waals surface area contributed by atoms with Gasteiger partial charge in [0, 0.05) is 38.6 Å². The first kappa shape index (κ1) is 21.2. The number of carbonyl (C=O) groups excluding carboxylic acids is 1. The number of benzene rings is 1. The van der Waals surface area contributed by atoms with Crippen LogP contribution in [0.4, 0.5) is 0 Å². The molecule has 2 aliphatic rings. The van der Waals surface area contributed by atoms with E-state index in [1.807, 2.05) is 0 Å². The van der Waals surface area contributed by atoms with E-state index in [0.29, 0.717) is 11.8 Å². The molecule has 0 saturated carbocycles. The number of hydrogen-bond acceptors (Lipinski definition) is 3. The molecule has 0 aromatic heterocycles. The van der Waals surface area contributed by atoms with E-state index in [1.54, 1.807) is 0 Å². The smallest absolute Gasteiger partial charge is 0.225 e. The number of halogens is 2. The third kappa shape index (κ3) is 5.35. The van der Waals surface area contributed by atoms with Gasteiger partial charge in [0.25, 0.3) is 0 Å².